The fraction of sp³-hybridized carbons (Fsp3) is 0.536. The third-order valence-electron chi connectivity index (χ3n) is 6.55. The normalized spacial score (nSPS) is 21.6. The second-order valence-corrected chi connectivity index (χ2v) is 9.44. The van der Waals surface area contributed by atoms with Crippen LogP contribution in [0.3, 0.4) is 0 Å². The molecule has 2 N–H and O–H groups in total. The first-order valence-corrected chi connectivity index (χ1v) is 12.8. The van der Waals surface area contributed by atoms with Gasteiger partial charge in [0, 0.05) is 17.5 Å². The van der Waals surface area contributed by atoms with Crippen molar-refractivity contribution in [1.29, 1.82) is 0 Å². The maximum Gasteiger partial charge on any atom is 0.233 e. The number of carbonyl (C=O) groups excluding carboxylic acids is 1. The Bertz CT molecular complexity index is 1040. The molecule has 2 fully saturated rings. The standard InChI is InChI=1S/C18H23N3O.C6H4FNO.C3H8.CH5N/c1-3-13-8-14-6-7-18(9-13,10-14)17-20-16(21-22-17)15-5-4-12(2)19-11-15;7-5-1-2-6(4-9)8-3-5;1-3-2;1-2/h4-5,11,13-14H,3,6-10H2,1-2H3;1-4H;3H2,1-2H3;2H2,1H3. The lowest BCUT2D eigenvalue weighted by Gasteiger charge is -2.34. The number of nitrogens with zero attached hydrogens (tertiary/aromatic N) is 4. The molecule has 0 aromatic carbocycles. The van der Waals surface area contributed by atoms with Crippen molar-refractivity contribution in [3.63, 3.8) is 0 Å². The van der Waals surface area contributed by atoms with E-state index in [-0.39, 0.29) is 11.1 Å². The number of aldehydes is 1. The Morgan fingerprint density at radius 1 is 1.11 bits per heavy atom. The molecule has 0 amide bonds. The van der Waals surface area contributed by atoms with Crippen LogP contribution in [0.5, 0.6) is 0 Å². The van der Waals surface area contributed by atoms with Crippen LogP contribution >= 0.6 is 0 Å². The molecule has 0 aliphatic heterocycles. The topological polar surface area (TPSA) is 108 Å². The molecule has 2 aliphatic carbocycles. The van der Waals surface area contributed by atoms with Crippen LogP contribution in [0.1, 0.15) is 87.8 Å². The Balaban J connectivity index is 0.000000272. The summed E-state index contributed by atoms with van der Waals surface area (Å²) in [6.45, 7) is 8.54. The van der Waals surface area contributed by atoms with Crippen molar-refractivity contribution in [1.82, 2.24) is 20.1 Å². The maximum atomic E-state index is 12.0. The molecule has 0 radical (unpaired) electrons. The molecule has 196 valence electrons. The van der Waals surface area contributed by atoms with Gasteiger partial charge in [-0.05, 0) is 82.2 Å². The average molecular weight is 498 g/mol. The number of pyridine rings is 2. The highest BCUT2D eigenvalue weighted by molar-refractivity contribution is 5.71. The van der Waals surface area contributed by atoms with Crippen LogP contribution in [0.4, 0.5) is 4.39 Å². The molecule has 7 nitrogen and oxygen atoms in total. The molecule has 2 bridgehead atoms. The maximum absolute atomic E-state index is 12.0. The highest BCUT2D eigenvalue weighted by atomic mass is 19.1. The van der Waals surface area contributed by atoms with Gasteiger partial charge in [-0.15, -0.1) is 0 Å². The van der Waals surface area contributed by atoms with Gasteiger partial charge in [-0.1, -0.05) is 38.8 Å². The molecule has 3 unspecified atom stereocenters. The largest absolute Gasteiger partial charge is 0.338 e. The first-order chi connectivity index (χ1) is 17.4. The van der Waals surface area contributed by atoms with Crippen LogP contribution in [0, 0.1) is 24.6 Å². The molecule has 3 atom stereocenters. The van der Waals surface area contributed by atoms with Crippen molar-refractivity contribution >= 4 is 6.29 Å². The number of aromatic nitrogens is 4. The van der Waals surface area contributed by atoms with Crippen molar-refractivity contribution in [2.75, 3.05) is 7.05 Å². The van der Waals surface area contributed by atoms with Gasteiger partial charge >= 0.3 is 0 Å². The Labute approximate surface area is 214 Å². The summed E-state index contributed by atoms with van der Waals surface area (Å²) in [7, 11) is 1.50. The number of hydrogen-bond donors (Lipinski definition) is 1. The van der Waals surface area contributed by atoms with E-state index in [4.69, 9.17) is 9.51 Å². The monoisotopic (exact) mass is 497 g/mol. The molecule has 3 aromatic rings. The van der Waals surface area contributed by atoms with Gasteiger partial charge in [-0.25, -0.2) is 4.39 Å². The minimum absolute atomic E-state index is 0.146. The SMILES string of the molecule is CCC.CCC1CC2CCC(c3nc(-c4ccc(C)nc4)no3)(C1)C2.CN.O=Cc1ccc(F)cn1. The summed E-state index contributed by atoms with van der Waals surface area (Å²) in [6.07, 6.45) is 12.3. The van der Waals surface area contributed by atoms with Crippen LogP contribution in [-0.2, 0) is 5.41 Å². The second-order valence-electron chi connectivity index (χ2n) is 9.44. The van der Waals surface area contributed by atoms with E-state index in [2.05, 4.69) is 41.6 Å². The van der Waals surface area contributed by atoms with Crippen LogP contribution < -0.4 is 5.73 Å². The minimum Gasteiger partial charge on any atom is -0.338 e. The molecule has 2 saturated carbocycles. The first-order valence-electron chi connectivity index (χ1n) is 12.8. The zero-order chi connectivity index (χ0) is 26.6. The van der Waals surface area contributed by atoms with Gasteiger partial charge in [0.05, 0.1) is 11.6 Å². The lowest BCUT2D eigenvalue weighted by Crippen LogP contribution is -2.30. The van der Waals surface area contributed by atoms with E-state index in [1.807, 2.05) is 25.3 Å². The van der Waals surface area contributed by atoms with Gasteiger partial charge in [-0.2, -0.15) is 4.98 Å². The quantitative estimate of drug-likeness (QED) is 0.420. The van der Waals surface area contributed by atoms with Crippen molar-refractivity contribution in [2.24, 2.45) is 17.6 Å². The third-order valence-corrected chi connectivity index (χ3v) is 6.55. The molecular weight excluding hydrogens is 457 g/mol. The molecule has 3 heterocycles. The van der Waals surface area contributed by atoms with Gasteiger partial charge in [0.15, 0.2) is 6.29 Å². The second kappa shape index (κ2) is 14.5. The number of nitrogens with two attached hydrogens (primary N) is 1. The molecule has 3 aromatic heterocycles. The van der Waals surface area contributed by atoms with Crippen LogP contribution in [-0.4, -0.2) is 33.4 Å². The molecule has 2 aliphatic rings. The summed E-state index contributed by atoms with van der Waals surface area (Å²) in [4.78, 5) is 22.5. The number of hydrogen-bond acceptors (Lipinski definition) is 7. The zero-order valence-electron chi connectivity index (χ0n) is 22.2. The molecule has 5 rings (SSSR count). The molecule has 0 saturated heterocycles. The van der Waals surface area contributed by atoms with E-state index >= 15 is 0 Å². The summed E-state index contributed by atoms with van der Waals surface area (Å²) in [6, 6.07) is 6.52. The van der Waals surface area contributed by atoms with Gasteiger partial charge < -0.3 is 10.3 Å². The number of carbonyl (C=O) groups is 1. The van der Waals surface area contributed by atoms with Gasteiger partial charge in [0.25, 0.3) is 0 Å². The van der Waals surface area contributed by atoms with Crippen LogP contribution in [0.2, 0.25) is 0 Å². The number of aryl methyl sites for hydroxylation is 1. The number of rotatable bonds is 4. The summed E-state index contributed by atoms with van der Waals surface area (Å²) in [5, 5.41) is 4.23. The van der Waals surface area contributed by atoms with E-state index in [0.29, 0.717) is 12.1 Å². The van der Waals surface area contributed by atoms with E-state index in [0.717, 1.165) is 35.2 Å². The Morgan fingerprint density at radius 3 is 2.44 bits per heavy atom. The summed E-state index contributed by atoms with van der Waals surface area (Å²) >= 11 is 0. The lowest BCUT2D eigenvalue weighted by molar-refractivity contribution is 0.111. The molecule has 36 heavy (non-hydrogen) atoms. The Morgan fingerprint density at radius 2 is 1.86 bits per heavy atom. The van der Waals surface area contributed by atoms with E-state index < -0.39 is 5.82 Å². The fourth-order valence-corrected chi connectivity index (χ4v) is 4.94. The van der Waals surface area contributed by atoms with Crippen LogP contribution in [0.15, 0.2) is 41.2 Å². The van der Waals surface area contributed by atoms with Crippen molar-refractivity contribution in [3.05, 3.63) is 59.8 Å². The van der Waals surface area contributed by atoms with Crippen molar-refractivity contribution in [3.8, 4) is 11.4 Å². The number of halogens is 1. The third kappa shape index (κ3) is 7.75. The molecule has 8 heteroatoms. The van der Waals surface area contributed by atoms with Crippen molar-refractivity contribution < 1.29 is 13.7 Å². The Kier molecular flexibility index (Phi) is 11.8. The van der Waals surface area contributed by atoms with E-state index in [9.17, 15) is 9.18 Å². The van der Waals surface area contributed by atoms with E-state index in [1.54, 1.807) is 0 Å². The smallest absolute Gasteiger partial charge is 0.233 e. The first kappa shape index (κ1) is 29.2. The lowest BCUT2D eigenvalue weighted by atomic mass is 9.70. The van der Waals surface area contributed by atoms with Gasteiger partial charge in [0.2, 0.25) is 11.7 Å². The predicted molar refractivity (Wildman–Crippen MR) is 140 cm³/mol. The summed E-state index contributed by atoms with van der Waals surface area (Å²) in [5.74, 6) is 2.79. The zero-order valence-corrected chi connectivity index (χ0v) is 22.2. The van der Waals surface area contributed by atoms with Gasteiger partial charge in [0.1, 0.15) is 11.5 Å². The average Bonchev–Trinajstić information content (AvgIpc) is 3.52. The summed E-state index contributed by atoms with van der Waals surface area (Å²) < 4.78 is 17.8. The van der Waals surface area contributed by atoms with Crippen LogP contribution in [0.25, 0.3) is 11.4 Å². The molecular formula is C28H40FN5O2. The van der Waals surface area contributed by atoms with Gasteiger partial charge in [-0.3, -0.25) is 14.8 Å². The van der Waals surface area contributed by atoms with E-state index in [1.165, 1.54) is 64.1 Å². The predicted octanol–water partition coefficient (Wildman–Crippen LogP) is 6.32. The highest BCUT2D eigenvalue weighted by Gasteiger charge is 2.49. The Hall–Kier alpha value is -3.00. The number of fused-ring (bicyclic) bond motifs is 2. The summed E-state index contributed by atoms with van der Waals surface area (Å²) in [5.41, 5.74) is 6.83. The highest BCUT2D eigenvalue weighted by Crippen LogP contribution is 2.54. The minimum atomic E-state index is -0.430. The fourth-order valence-electron chi connectivity index (χ4n) is 4.94. The van der Waals surface area contributed by atoms with Crippen molar-refractivity contribution in [2.45, 2.75) is 78.1 Å². The molecule has 0 spiro atoms.